The number of nitrogen functional groups attached to an aromatic ring is 1. The molecule has 2 rings (SSSR count). The molecule has 0 aliphatic carbocycles. The van der Waals surface area contributed by atoms with E-state index in [1.807, 2.05) is 38.1 Å². The summed E-state index contributed by atoms with van der Waals surface area (Å²) in [6, 6.07) is 7.78. The van der Waals surface area contributed by atoms with Crippen LogP contribution in [0.5, 0.6) is 0 Å². The number of hydrogen-bond acceptors (Lipinski definition) is 3. The Morgan fingerprint density at radius 2 is 1.94 bits per heavy atom. The third kappa shape index (κ3) is 2.51. The number of nitrogens with two attached hydrogens (primary N) is 1. The highest BCUT2D eigenvalue weighted by molar-refractivity contribution is 7.89. The highest BCUT2D eigenvalue weighted by Crippen LogP contribution is 2.26. The lowest BCUT2D eigenvalue weighted by Gasteiger charge is -2.14. The normalized spacial score (nSPS) is 12.4. The Morgan fingerprint density at radius 1 is 1.28 bits per heavy atom. The van der Waals surface area contributed by atoms with Gasteiger partial charge in [0.2, 0.25) is 0 Å². The average molecular weight is 266 g/mol. The molecule has 1 aromatic carbocycles. The molecule has 0 atom stereocenters. The van der Waals surface area contributed by atoms with E-state index in [-0.39, 0.29) is 11.8 Å². The molecule has 18 heavy (non-hydrogen) atoms. The lowest BCUT2D eigenvalue weighted by atomic mass is 10.2. The second-order valence-corrected chi connectivity index (χ2v) is 7.13. The number of aromatic nitrogens is 1. The Balaban J connectivity index is 2.68. The van der Waals surface area contributed by atoms with Crippen molar-refractivity contribution in [3.8, 4) is 0 Å². The zero-order valence-corrected chi connectivity index (χ0v) is 11.7. The van der Waals surface area contributed by atoms with Crippen LogP contribution < -0.4 is 5.73 Å². The van der Waals surface area contributed by atoms with E-state index in [0.717, 1.165) is 16.6 Å². The fourth-order valence-corrected chi connectivity index (χ4v) is 3.06. The first-order valence-corrected chi connectivity index (χ1v) is 7.91. The van der Waals surface area contributed by atoms with E-state index < -0.39 is 9.84 Å². The van der Waals surface area contributed by atoms with Crippen LogP contribution in [0.25, 0.3) is 10.9 Å². The molecule has 0 aliphatic rings. The fourth-order valence-electron chi connectivity index (χ4n) is 2.30. The minimum Gasteiger partial charge on any atom is -0.399 e. The summed E-state index contributed by atoms with van der Waals surface area (Å²) in [5.74, 6) is 0.0553. The average Bonchev–Trinajstić information content (AvgIpc) is 2.51. The van der Waals surface area contributed by atoms with Gasteiger partial charge in [-0.1, -0.05) is 0 Å². The summed E-state index contributed by atoms with van der Waals surface area (Å²) in [6.45, 7) is 4.09. The van der Waals surface area contributed by atoms with Crippen LogP contribution in [-0.4, -0.2) is 19.2 Å². The van der Waals surface area contributed by atoms with Gasteiger partial charge in [0, 0.05) is 34.6 Å². The number of sulfone groups is 1. The van der Waals surface area contributed by atoms with Crippen molar-refractivity contribution in [2.75, 3.05) is 12.0 Å². The molecule has 1 heterocycles. The number of fused-ring (bicyclic) bond motifs is 1. The molecule has 1 aromatic heterocycles. The maximum absolute atomic E-state index is 11.5. The maximum Gasteiger partial charge on any atom is 0.153 e. The van der Waals surface area contributed by atoms with Gasteiger partial charge in [-0.15, -0.1) is 0 Å². The van der Waals surface area contributed by atoms with E-state index in [1.165, 1.54) is 6.26 Å². The Morgan fingerprint density at radius 3 is 2.50 bits per heavy atom. The number of hydrogen-bond donors (Lipinski definition) is 1. The van der Waals surface area contributed by atoms with Gasteiger partial charge in [-0.25, -0.2) is 8.42 Å². The molecule has 0 unspecified atom stereocenters. The van der Waals surface area contributed by atoms with Crippen molar-refractivity contribution in [1.82, 2.24) is 4.57 Å². The molecule has 0 radical (unpaired) electrons. The first kappa shape index (κ1) is 13.0. The number of rotatable bonds is 3. The molecular formula is C13H18N2O2S. The predicted octanol–water partition coefficient (Wildman–Crippen LogP) is 2.35. The van der Waals surface area contributed by atoms with Crippen LogP contribution in [0.15, 0.2) is 24.3 Å². The summed E-state index contributed by atoms with van der Waals surface area (Å²) in [5, 5.41) is 0.988. The molecule has 0 saturated heterocycles. The number of nitrogens with zero attached hydrogens (tertiary/aromatic N) is 1. The van der Waals surface area contributed by atoms with Crippen molar-refractivity contribution >= 4 is 26.4 Å². The molecule has 0 saturated carbocycles. The summed E-state index contributed by atoms with van der Waals surface area (Å²) in [6.07, 6.45) is 1.25. The Bertz CT molecular complexity index is 684. The lowest BCUT2D eigenvalue weighted by Crippen LogP contribution is -2.09. The Hall–Kier alpha value is -1.49. The zero-order valence-electron chi connectivity index (χ0n) is 10.8. The topological polar surface area (TPSA) is 65.1 Å². The van der Waals surface area contributed by atoms with E-state index in [9.17, 15) is 8.42 Å². The Kier molecular flexibility index (Phi) is 3.11. The van der Waals surface area contributed by atoms with Gasteiger partial charge < -0.3 is 10.3 Å². The minimum atomic E-state index is -3.04. The van der Waals surface area contributed by atoms with Crippen molar-refractivity contribution in [2.24, 2.45) is 0 Å². The van der Waals surface area contributed by atoms with Crippen LogP contribution in [-0.2, 0) is 15.6 Å². The summed E-state index contributed by atoms with van der Waals surface area (Å²) in [4.78, 5) is 0. The van der Waals surface area contributed by atoms with Crippen LogP contribution in [0.3, 0.4) is 0 Å². The van der Waals surface area contributed by atoms with Crippen molar-refractivity contribution < 1.29 is 8.42 Å². The van der Waals surface area contributed by atoms with Gasteiger partial charge in [0.05, 0.1) is 5.75 Å². The highest BCUT2D eigenvalue weighted by atomic mass is 32.2. The van der Waals surface area contributed by atoms with E-state index in [0.29, 0.717) is 5.69 Å². The molecular weight excluding hydrogens is 248 g/mol. The molecule has 4 nitrogen and oxygen atoms in total. The van der Waals surface area contributed by atoms with Crippen LogP contribution in [0.2, 0.25) is 0 Å². The van der Waals surface area contributed by atoms with Crippen LogP contribution in [0.1, 0.15) is 25.6 Å². The quantitative estimate of drug-likeness (QED) is 0.867. The molecule has 0 aliphatic heterocycles. The summed E-state index contributed by atoms with van der Waals surface area (Å²) < 4.78 is 25.0. The Labute approximate surface area is 107 Å². The summed E-state index contributed by atoms with van der Waals surface area (Å²) in [5.41, 5.74) is 8.29. The maximum atomic E-state index is 11.5. The summed E-state index contributed by atoms with van der Waals surface area (Å²) in [7, 11) is -3.04. The van der Waals surface area contributed by atoms with E-state index in [4.69, 9.17) is 5.73 Å². The standard InChI is InChI=1S/C13H18N2O2S/c1-9(2)15-12(8-18(3,16)17)7-10-6-11(14)4-5-13(10)15/h4-7,9H,8,14H2,1-3H3. The second kappa shape index (κ2) is 4.31. The minimum absolute atomic E-state index is 0.0553. The monoisotopic (exact) mass is 266 g/mol. The van der Waals surface area contributed by atoms with E-state index >= 15 is 0 Å². The van der Waals surface area contributed by atoms with Crippen LogP contribution in [0.4, 0.5) is 5.69 Å². The molecule has 5 heteroatoms. The number of benzene rings is 1. The molecule has 0 amide bonds. The first-order valence-electron chi connectivity index (χ1n) is 5.85. The third-order valence-electron chi connectivity index (χ3n) is 2.87. The molecule has 0 spiro atoms. The SMILES string of the molecule is CC(C)n1c(CS(C)(=O)=O)cc2cc(N)ccc21. The van der Waals surface area contributed by atoms with Crippen molar-refractivity contribution in [3.63, 3.8) is 0 Å². The van der Waals surface area contributed by atoms with E-state index in [2.05, 4.69) is 4.57 Å². The number of anilines is 1. The van der Waals surface area contributed by atoms with Crippen molar-refractivity contribution in [2.45, 2.75) is 25.6 Å². The van der Waals surface area contributed by atoms with Gasteiger partial charge in [-0.05, 0) is 38.1 Å². The molecule has 2 aromatic rings. The molecule has 0 fully saturated rings. The van der Waals surface area contributed by atoms with Gasteiger partial charge in [0.1, 0.15) is 0 Å². The van der Waals surface area contributed by atoms with Gasteiger partial charge >= 0.3 is 0 Å². The van der Waals surface area contributed by atoms with Gasteiger partial charge in [-0.2, -0.15) is 0 Å². The largest absolute Gasteiger partial charge is 0.399 e. The van der Waals surface area contributed by atoms with Crippen molar-refractivity contribution in [1.29, 1.82) is 0 Å². The predicted molar refractivity (Wildman–Crippen MR) is 75.3 cm³/mol. The highest BCUT2D eigenvalue weighted by Gasteiger charge is 2.15. The van der Waals surface area contributed by atoms with E-state index in [1.54, 1.807) is 0 Å². The fraction of sp³-hybridized carbons (Fsp3) is 0.385. The van der Waals surface area contributed by atoms with Gasteiger partial charge in [0.25, 0.3) is 0 Å². The lowest BCUT2D eigenvalue weighted by molar-refractivity contribution is 0.585. The molecule has 0 bridgehead atoms. The molecule has 2 N–H and O–H groups in total. The molecule has 98 valence electrons. The van der Waals surface area contributed by atoms with Crippen LogP contribution >= 0.6 is 0 Å². The zero-order chi connectivity index (χ0) is 13.5. The van der Waals surface area contributed by atoms with Crippen molar-refractivity contribution in [3.05, 3.63) is 30.0 Å². The van der Waals surface area contributed by atoms with Gasteiger partial charge in [-0.3, -0.25) is 0 Å². The smallest absolute Gasteiger partial charge is 0.153 e. The second-order valence-electron chi connectivity index (χ2n) is 4.99. The first-order chi connectivity index (χ1) is 8.28. The third-order valence-corrected chi connectivity index (χ3v) is 3.69. The van der Waals surface area contributed by atoms with Crippen LogP contribution in [0, 0.1) is 0 Å². The summed E-state index contributed by atoms with van der Waals surface area (Å²) >= 11 is 0. The van der Waals surface area contributed by atoms with Gasteiger partial charge in [0.15, 0.2) is 9.84 Å².